The molecule has 9 heteroatoms. The Labute approximate surface area is 151 Å². The second-order valence-corrected chi connectivity index (χ2v) is 5.92. The maximum absolute atomic E-state index is 10.7. The number of benzene rings is 1. The molecule has 0 aromatic heterocycles. The first kappa shape index (κ1) is 21.4. The number of unbranched alkanes of at least 4 members (excludes halogenated alkanes) is 1. The first-order valence-corrected chi connectivity index (χ1v) is 8.37. The fourth-order valence-electron chi connectivity index (χ4n) is 2.56. The highest BCUT2D eigenvalue weighted by Gasteiger charge is 2.11. The molecule has 1 aliphatic heterocycles. The van der Waals surface area contributed by atoms with Crippen LogP contribution in [0.5, 0.6) is 5.75 Å². The number of hydrogen-bond donors (Lipinski definition) is 2. The van der Waals surface area contributed by atoms with Crippen molar-refractivity contribution >= 4 is 17.6 Å². The van der Waals surface area contributed by atoms with Gasteiger partial charge in [-0.05, 0) is 64.4 Å². The van der Waals surface area contributed by atoms with Crippen molar-refractivity contribution in [2.45, 2.75) is 32.6 Å². The molecule has 2 rings (SSSR count). The van der Waals surface area contributed by atoms with Crippen LogP contribution in [0.25, 0.3) is 0 Å². The summed E-state index contributed by atoms with van der Waals surface area (Å²) in [4.78, 5) is 31.0. The van der Waals surface area contributed by atoms with Gasteiger partial charge in [0.05, 0.1) is 11.5 Å². The van der Waals surface area contributed by atoms with Gasteiger partial charge in [0.1, 0.15) is 5.75 Å². The van der Waals surface area contributed by atoms with Crippen LogP contribution in [0.1, 0.15) is 31.2 Å². The molecule has 144 valence electrons. The Bertz CT molecular complexity index is 616. The van der Waals surface area contributed by atoms with Gasteiger partial charge in [-0.2, -0.15) is 0 Å². The molecule has 1 aliphatic rings. The van der Waals surface area contributed by atoms with Crippen molar-refractivity contribution in [2.75, 3.05) is 26.2 Å². The van der Waals surface area contributed by atoms with Crippen molar-refractivity contribution in [2.24, 2.45) is 0 Å². The van der Waals surface area contributed by atoms with Crippen LogP contribution < -0.4 is 4.74 Å². The van der Waals surface area contributed by atoms with Gasteiger partial charge >= 0.3 is 11.9 Å². The summed E-state index contributed by atoms with van der Waals surface area (Å²) in [6.07, 6.45) is 4.83. The van der Waals surface area contributed by atoms with Gasteiger partial charge in [0.2, 0.25) is 0 Å². The number of aliphatic carboxylic acids is 2. The molecule has 0 unspecified atom stereocenters. The third-order valence-corrected chi connectivity index (χ3v) is 3.88. The summed E-state index contributed by atoms with van der Waals surface area (Å²) in [7, 11) is 0. The van der Waals surface area contributed by atoms with Crippen LogP contribution in [0.3, 0.4) is 0 Å². The van der Waals surface area contributed by atoms with Gasteiger partial charge < -0.3 is 19.8 Å². The van der Waals surface area contributed by atoms with E-state index in [1.54, 1.807) is 19.1 Å². The van der Waals surface area contributed by atoms with Crippen LogP contribution >= 0.6 is 0 Å². The average Bonchev–Trinajstić information content (AvgIpc) is 3.08. The van der Waals surface area contributed by atoms with Gasteiger partial charge in [-0.1, -0.05) is 0 Å². The lowest BCUT2D eigenvalue weighted by Gasteiger charge is -2.14. The highest BCUT2D eigenvalue weighted by Crippen LogP contribution is 2.23. The summed E-state index contributed by atoms with van der Waals surface area (Å²) in [6.45, 7) is 6.04. The lowest BCUT2D eigenvalue weighted by Crippen LogP contribution is -2.20. The van der Waals surface area contributed by atoms with Crippen molar-refractivity contribution in [3.8, 4) is 5.75 Å². The number of nitrogens with zero attached hydrogens (tertiary/aromatic N) is 2. The summed E-state index contributed by atoms with van der Waals surface area (Å²) in [5.41, 5.74) is 0.788. The van der Waals surface area contributed by atoms with Crippen LogP contribution in [-0.2, 0) is 9.59 Å². The van der Waals surface area contributed by atoms with Crippen LogP contribution in [0, 0.1) is 17.0 Å². The number of likely N-dealkylation sites (tertiary alicyclic amines) is 1. The van der Waals surface area contributed by atoms with Crippen molar-refractivity contribution in [3.05, 3.63) is 33.9 Å². The van der Waals surface area contributed by atoms with E-state index < -0.39 is 11.9 Å². The Hall–Kier alpha value is -2.68. The number of rotatable bonds is 7. The third kappa shape index (κ3) is 7.93. The second kappa shape index (κ2) is 11.0. The predicted molar refractivity (Wildman–Crippen MR) is 93.5 cm³/mol. The van der Waals surface area contributed by atoms with E-state index in [0.717, 1.165) is 19.4 Å². The Balaban J connectivity index is 0.000000487. The van der Waals surface area contributed by atoms with Gasteiger partial charge in [-0.25, -0.2) is 9.59 Å². The fraction of sp³-hybridized carbons (Fsp3) is 0.529. The Morgan fingerprint density at radius 2 is 1.81 bits per heavy atom. The SMILES string of the molecule is Cc1cc(OCCCCN2CCCC2)ccc1[N+](=O)[O-].O=C(O)C(=O)O. The van der Waals surface area contributed by atoms with Gasteiger partial charge in [0, 0.05) is 11.6 Å². The van der Waals surface area contributed by atoms with Crippen molar-refractivity contribution in [3.63, 3.8) is 0 Å². The monoisotopic (exact) mass is 368 g/mol. The number of carbonyl (C=O) groups is 2. The zero-order chi connectivity index (χ0) is 19.5. The molecule has 1 aromatic rings. The Kier molecular flexibility index (Phi) is 9.07. The molecule has 0 radical (unpaired) electrons. The first-order chi connectivity index (χ1) is 12.3. The lowest BCUT2D eigenvalue weighted by molar-refractivity contribution is -0.385. The molecule has 0 amide bonds. The van der Waals surface area contributed by atoms with E-state index >= 15 is 0 Å². The molecule has 0 aliphatic carbocycles. The van der Waals surface area contributed by atoms with E-state index in [2.05, 4.69) is 4.90 Å². The second-order valence-electron chi connectivity index (χ2n) is 5.92. The molecule has 0 bridgehead atoms. The van der Waals surface area contributed by atoms with Gasteiger partial charge in [0.15, 0.2) is 0 Å². The van der Waals surface area contributed by atoms with E-state index in [4.69, 9.17) is 24.5 Å². The zero-order valence-electron chi connectivity index (χ0n) is 14.7. The summed E-state index contributed by atoms with van der Waals surface area (Å²) in [6, 6.07) is 4.92. The summed E-state index contributed by atoms with van der Waals surface area (Å²) in [5, 5.41) is 25.5. The van der Waals surface area contributed by atoms with E-state index in [0.29, 0.717) is 17.9 Å². The number of nitro benzene ring substituents is 1. The van der Waals surface area contributed by atoms with Gasteiger partial charge in [0.25, 0.3) is 5.69 Å². The summed E-state index contributed by atoms with van der Waals surface area (Å²) < 4.78 is 5.65. The molecular weight excluding hydrogens is 344 g/mol. The van der Waals surface area contributed by atoms with E-state index in [-0.39, 0.29) is 10.6 Å². The number of hydrogen-bond acceptors (Lipinski definition) is 6. The number of nitro groups is 1. The molecule has 0 saturated carbocycles. The molecule has 1 heterocycles. The maximum Gasteiger partial charge on any atom is 0.414 e. The smallest absolute Gasteiger partial charge is 0.414 e. The topological polar surface area (TPSA) is 130 Å². The van der Waals surface area contributed by atoms with Crippen LogP contribution in [0.15, 0.2) is 18.2 Å². The fourth-order valence-corrected chi connectivity index (χ4v) is 2.56. The Morgan fingerprint density at radius 1 is 1.19 bits per heavy atom. The maximum atomic E-state index is 10.7. The molecule has 26 heavy (non-hydrogen) atoms. The van der Waals surface area contributed by atoms with Crippen LogP contribution in [-0.4, -0.2) is 58.2 Å². The Morgan fingerprint density at radius 3 is 2.31 bits per heavy atom. The predicted octanol–water partition coefficient (Wildman–Crippen LogP) is 2.31. The largest absolute Gasteiger partial charge is 0.494 e. The number of aryl methyl sites for hydroxylation is 1. The molecule has 0 spiro atoms. The minimum absolute atomic E-state index is 0.145. The summed E-state index contributed by atoms with van der Waals surface area (Å²) >= 11 is 0. The number of carboxylic acids is 2. The summed E-state index contributed by atoms with van der Waals surface area (Å²) in [5.74, 6) is -2.93. The van der Waals surface area contributed by atoms with Crippen LogP contribution in [0.4, 0.5) is 5.69 Å². The number of carboxylic acid groups (broad SMARTS) is 2. The highest BCUT2D eigenvalue weighted by atomic mass is 16.6. The number of ether oxygens (including phenoxy) is 1. The van der Waals surface area contributed by atoms with Gasteiger partial charge in [-0.3, -0.25) is 10.1 Å². The zero-order valence-corrected chi connectivity index (χ0v) is 14.7. The third-order valence-electron chi connectivity index (χ3n) is 3.88. The quantitative estimate of drug-likeness (QED) is 0.324. The molecule has 0 atom stereocenters. The van der Waals surface area contributed by atoms with E-state index in [1.807, 2.05) is 0 Å². The highest BCUT2D eigenvalue weighted by molar-refractivity contribution is 6.27. The molecular formula is C17H24N2O7. The lowest BCUT2D eigenvalue weighted by atomic mass is 10.2. The van der Waals surface area contributed by atoms with Gasteiger partial charge in [-0.15, -0.1) is 0 Å². The van der Waals surface area contributed by atoms with Crippen molar-refractivity contribution in [1.82, 2.24) is 4.90 Å². The van der Waals surface area contributed by atoms with E-state index in [1.165, 1.54) is 32.0 Å². The molecule has 9 nitrogen and oxygen atoms in total. The first-order valence-electron chi connectivity index (χ1n) is 8.37. The van der Waals surface area contributed by atoms with Crippen LogP contribution in [0.2, 0.25) is 0 Å². The normalized spacial score (nSPS) is 13.6. The molecule has 1 fully saturated rings. The molecule has 1 aromatic carbocycles. The van der Waals surface area contributed by atoms with Crippen molar-refractivity contribution in [1.29, 1.82) is 0 Å². The molecule has 1 saturated heterocycles. The molecule has 2 N–H and O–H groups in total. The minimum Gasteiger partial charge on any atom is -0.494 e. The average molecular weight is 368 g/mol. The van der Waals surface area contributed by atoms with E-state index in [9.17, 15) is 10.1 Å². The van der Waals surface area contributed by atoms with Crippen molar-refractivity contribution < 1.29 is 29.5 Å². The standard InChI is InChI=1S/C15H22N2O3.C2H2O4/c1-13-12-14(6-7-15(13)17(18)19)20-11-5-4-10-16-8-2-3-9-16;3-1(4)2(5)6/h6-7,12H,2-5,8-11H2,1H3;(H,3,4)(H,5,6). The minimum atomic E-state index is -1.82.